The van der Waals surface area contributed by atoms with Crippen LogP contribution >= 0.6 is 23.4 Å². The number of rotatable bonds is 3. The molecule has 3 aromatic rings. The summed E-state index contributed by atoms with van der Waals surface area (Å²) in [6.45, 7) is 1.46. The summed E-state index contributed by atoms with van der Waals surface area (Å²) in [6, 6.07) is 5.56. The first kappa shape index (κ1) is 17.3. The second-order valence-electron chi connectivity index (χ2n) is 6.07. The van der Waals surface area contributed by atoms with Gasteiger partial charge in [-0.2, -0.15) is 0 Å². The molecule has 1 atom stereocenters. The van der Waals surface area contributed by atoms with E-state index in [0.29, 0.717) is 28.5 Å². The standard InChI is InChI=1S/C17H17ClN6OS/c18-15-12(5-6-20-16(15)19)26-14-4-3-11-17(23-14)21-8-13(22-11)24-7-1-2-10(25)9-24/h3-6,8,10,25H,1-2,7,9H2,(H2,19,20). The summed E-state index contributed by atoms with van der Waals surface area (Å²) in [6.07, 6.45) is 4.80. The second-order valence-corrected chi connectivity index (χ2v) is 7.51. The third-order valence-corrected chi connectivity index (χ3v) is 5.69. The SMILES string of the molecule is Nc1nccc(Sc2ccc3nc(N4CCCC(O)C4)cnc3n2)c1Cl. The van der Waals surface area contributed by atoms with Crippen LogP contribution in [-0.4, -0.2) is 44.2 Å². The van der Waals surface area contributed by atoms with Crippen LogP contribution in [0.2, 0.25) is 5.02 Å². The zero-order valence-electron chi connectivity index (χ0n) is 13.8. The van der Waals surface area contributed by atoms with Gasteiger partial charge in [0.05, 0.1) is 17.3 Å². The monoisotopic (exact) mass is 388 g/mol. The maximum Gasteiger partial charge on any atom is 0.179 e. The minimum Gasteiger partial charge on any atom is -0.391 e. The number of β-amino-alcohol motifs (C(OH)–C–C–N with tert-alkyl or cyclic N) is 1. The molecule has 134 valence electrons. The van der Waals surface area contributed by atoms with Gasteiger partial charge in [-0.15, -0.1) is 0 Å². The average Bonchev–Trinajstić information content (AvgIpc) is 2.65. The first-order valence-corrected chi connectivity index (χ1v) is 9.44. The number of anilines is 2. The molecule has 1 saturated heterocycles. The number of hydrogen-bond donors (Lipinski definition) is 2. The molecule has 7 nitrogen and oxygen atoms in total. The van der Waals surface area contributed by atoms with Crippen molar-refractivity contribution >= 4 is 46.2 Å². The average molecular weight is 389 g/mol. The lowest BCUT2D eigenvalue weighted by Gasteiger charge is -2.30. The van der Waals surface area contributed by atoms with Gasteiger partial charge in [0.1, 0.15) is 22.2 Å². The van der Waals surface area contributed by atoms with Gasteiger partial charge in [0, 0.05) is 24.2 Å². The van der Waals surface area contributed by atoms with Gasteiger partial charge in [0.25, 0.3) is 0 Å². The Morgan fingerprint density at radius 3 is 2.96 bits per heavy atom. The Hall–Kier alpha value is -2.16. The smallest absolute Gasteiger partial charge is 0.179 e. The normalized spacial score (nSPS) is 17.6. The molecule has 0 aromatic carbocycles. The van der Waals surface area contributed by atoms with E-state index in [4.69, 9.17) is 17.3 Å². The quantitative estimate of drug-likeness (QED) is 0.706. The van der Waals surface area contributed by atoms with Crippen LogP contribution in [0.25, 0.3) is 11.2 Å². The lowest BCUT2D eigenvalue weighted by Crippen LogP contribution is -2.38. The highest BCUT2D eigenvalue weighted by atomic mass is 35.5. The highest BCUT2D eigenvalue weighted by Crippen LogP contribution is 2.34. The van der Waals surface area contributed by atoms with E-state index in [1.54, 1.807) is 18.5 Å². The Kier molecular flexibility index (Phi) is 4.80. The van der Waals surface area contributed by atoms with Crippen molar-refractivity contribution < 1.29 is 5.11 Å². The van der Waals surface area contributed by atoms with Crippen LogP contribution in [0.3, 0.4) is 0 Å². The summed E-state index contributed by atoms with van der Waals surface area (Å²) < 4.78 is 0. The Bertz CT molecular complexity index is 956. The molecule has 1 aliphatic heterocycles. The summed E-state index contributed by atoms with van der Waals surface area (Å²) in [5, 5.41) is 11.0. The number of hydrogen-bond acceptors (Lipinski definition) is 8. The summed E-state index contributed by atoms with van der Waals surface area (Å²) in [5.74, 6) is 1.06. The van der Waals surface area contributed by atoms with E-state index in [0.717, 1.165) is 35.1 Å². The summed E-state index contributed by atoms with van der Waals surface area (Å²) in [4.78, 5) is 20.4. The molecule has 0 saturated carbocycles. The number of fused-ring (bicyclic) bond motifs is 1. The number of aliphatic hydroxyl groups is 1. The fraction of sp³-hybridized carbons (Fsp3) is 0.294. The predicted molar refractivity (Wildman–Crippen MR) is 103 cm³/mol. The molecule has 0 bridgehead atoms. The highest BCUT2D eigenvalue weighted by molar-refractivity contribution is 7.99. The molecule has 9 heteroatoms. The number of nitrogen functional groups attached to an aromatic ring is 1. The van der Waals surface area contributed by atoms with Gasteiger partial charge in [-0.25, -0.2) is 19.9 Å². The molecule has 4 heterocycles. The zero-order valence-corrected chi connectivity index (χ0v) is 15.4. The van der Waals surface area contributed by atoms with E-state index in [-0.39, 0.29) is 6.10 Å². The molecular weight excluding hydrogens is 372 g/mol. The second kappa shape index (κ2) is 7.22. The number of nitrogens with zero attached hydrogens (tertiary/aromatic N) is 5. The van der Waals surface area contributed by atoms with Crippen molar-refractivity contribution in [1.82, 2.24) is 19.9 Å². The third-order valence-electron chi connectivity index (χ3n) is 4.18. The van der Waals surface area contributed by atoms with E-state index < -0.39 is 0 Å². The Balaban J connectivity index is 1.60. The van der Waals surface area contributed by atoms with Crippen LogP contribution in [0.1, 0.15) is 12.8 Å². The van der Waals surface area contributed by atoms with E-state index in [1.807, 2.05) is 12.1 Å². The summed E-state index contributed by atoms with van der Waals surface area (Å²) in [7, 11) is 0. The van der Waals surface area contributed by atoms with E-state index in [2.05, 4.69) is 24.8 Å². The highest BCUT2D eigenvalue weighted by Gasteiger charge is 2.19. The van der Waals surface area contributed by atoms with E-state index >= 15 is 0 Å². The van der Waals surface area contributed by atoms with Gasteiger partial charge in [-0.05, 0) is 31.0 Å². The number of pyridine rings is 2. The van der Waals surface area contributed by atoms with Crippen LogP contribution in [0.5, 0.6) is 0 Å². The maximum atomic E-state index is 9.84. The van der Waals surface area contributed by atoms with Gasteiger partial charge >= 0.3 is 0 Å². The fourth-order valence-corrected chi connectivity index (χ4v) is 3.93. The van der Waals surface area contributed by atoms with Crippen molar-refractivity contribution in [2.45, 2.75) is 28.9 Å². The van der Waals surface area contributed by atoms with Crippen molar-refractivity contribution in [2.75, 3.05) is 23.7 Å². The van der Waals surface area contributed by atoms with Crippen molar-refractivity contribution in [2.24, 2.45) is 0 Å². The Labute approximate surface area is 159 Å². The van der Waals surface area contributed by atoms with Crippen molar-refractivity contribution in [3.8, 4) is 0 Å². The molecule has 1 aliphatic rings. The first-order valence-electron chi connectivity index (χ1n) is 8.25. The molecule has 4 rings (SSSR count). The molecule has 0 spiro atoms. The number of aromatic nitrogens is 4. The van der Waals surface area contributed by atoms with Crippen LogP contribution in [0, 0.1) is 0 Å². The van der Waals surface area contributed by atoms with E-state index in [9.17, 15) is 5.11 Å². The molecule has 3 N–H and O–H groups in total. The van der Waals surface area contributed by atoms with Crippen molar-refractivity contribution in [1.29, 1.82) is 0 Å². The number of aliphatic hydroxyl groups excluding tert-OH is 1. The number of nitrogens with two attached hydrogens (primary N) is 1. The first-order chi connectivity index (χ1) is 12.6. The van der Waals surface area contributed by atoms with Gasteiger partial charge in [0.15, 0.2) is 5.65 Å². The lowest BCUT2D eigenvalue weighted by molar-refractivity contribution is 0.154. The van der Waals surface area contributed by atoms with Crippen LogP contribution in [0.4, 0.5) is 11.6 Å². The van der Waals surface area contributed by atoms with Crippen molar-refractivity contribution in [3.05, 3.63) is 35.6 Å². The third kappa shape index (κ3) is 3.53. The largest absolute Gasteiger partial charge is 0.391 e. The molecule has 0 radical (unpaired) electrons. The van der Waals surface area contributed by atoms with Crippen molar-refractivity contribution in [3.63, 3.8) is 0 Å². The van der Waals surface area contributed by atoms with Crippen LogP contribution in [0.15, 0.2) is 40.5 Å². The molecule has 0 amide bonds. The summed E-state index contributed by atoms with van der Waals surface area (Å²) >= 11 is 7.59. The molecule has 1 fully saturated rings. The van der Waals surface area contributed by atoms with Gasteiger partial charge in [0.2, 0.25) is 0 Å². The van der Waals surface area contributed by atoms with Crippen LogP contribution in [-0.2, 0) is 0 Å². The fourth-order valence-electron chi connectivity index (χ4n) is 2.88. The van der Waals surface area contributed by atoms with Gasteiger partial charge in [-0.1, -0.05) is 23.4 Å². The Morgan fingerprint density at radius 2 is 2.12 bits per heavy atom. The zero-order chi connectivity index (χ0) is 18.1. The molecule has 26 heavy (non-hydrogen) atoms. The topological polar surface area (TPSA) is 101 Å². The molecule has 0 aliphatic carbocycles. The minimum absolute atomic E-state index is 0.297. The minimum atomic E-state index is -0.310. The lowest BCUT2D eigenvalue weighted by atomic mass is 10.1. The van der Waals surface area contributed by atoms with Crippen LogP contribution < -0.4 is 10.6 Å². The van der Waals surface area contributed by atoms with Gasteiger partial charge in [-0.3, -0.25) is 0 Å². The Morgan fingerprint density at radius 1 is 1.23 bits per heavy atom. The molecular formula is C17H17ClN6OS. The predicted octanol–water partition coefficient (Wildman–Crippen LogP) is 2.77. The molecule has 3 aromatic heterocycles. The maximum absolute atomic E-state index is 9.84. The summed E-state index contributed by atoms with van der Waals surface area (Å²) in [5.41, 5.74) is 7.02. The van der Waals surface area contributed by atoms with Gasteiger partial charge < -0.3 is 15.7 Å². The number of piperidine rings is 1. The molecule has 1 unspecified atom stereocenters. The van der Waals surface area contributed by atoms with E-state index in [1.165, 1.54) is 11.8 Å². The number of halogens is 1.